The smallest absolute Gasteiger partial charge is 0.317 e. The van der Waals surface area contributed by atoms with Crippen molar-refractivity contribution in [2.24, 2.45) is 0 Å². The summed E-state index contributed by atoms with van der Waals surface area (Å²) in [6, 6.07) is 1.40. The Bertz CT molecular complexity index is 894. The fourth-order valence-corrected chi connectivity index (χ4v) is 2.95. The zero-order valence-electron chi connectivity index (χ0n) is 12.6. The van der Waals surface area contributed by atoms with Gasteiger partial charge in [-0.05, 0) is 31.0 Å². The molecule has 0 fully saturated rings. The van der Waals surface area contributed by atoms with Crippen molar-refractivity contribution < 1.29 is 9.53 Å². The summed E-state index contributed by atoms with van der Waals surface area (Å²) in [6.45, 7) is 4.30. The van der Waals surface area contributed by atoms with Gasteiger partial charge in [0, 0.05) is 6.54 Å². The lowest BCUT2D eigenvalue weighted by molar-refractivity contribution is -0.141. The largest absolute Gasteiger partial charge is 0.469 e. The predicted octanol–water partition coefficient (Wildman–Crippen LogP) is 0.836. The van der Waals surface area contributed by atoms with Crippen molar-refractivity contribution in [2.45, 2.75) is 26.3 Å². The van der Waals surface area contributed by atoms with Gasteiger partial charge in [-0.2, -0.15) is 0 Å². The van der Waals surface area contributed by atoms with Gasteiger partial charge in [0.05, 0.1) is 36.3 Å². The van der Waals surface area contributed by atoms with Crippen LogP contribution < -0.4 is 16.4 Å². The fourth-order valence-electron chi connectivity index (χ4n) is 2.95. The van der Waals surface area contributed by atoms with E-state index in [1.165, 1.54) is 11.7 Å². The van der Waals surface area contributed by atoms with Crippen LogP contribution in [-0.4, -0.2) is 29.2 Å². The number of esters is 1. The number of aryl methyl sites for hydroxylation is 1. The third-order valence-corrected chi connectivity index (χ3v) is 4.23. The van der Waals surface area contributed by atoms with Gasteiger partial charge in [-0.25, -0.2) is 0 Å². The maximum absolute atomic E-state index is 12.3. The molecule has 7 heteroatoms. The number of aromatic amines is 1. The molecule has 0 bridgehead atoms. The first-order chi connectivity index (χ1) is 10.4. The van der Waals surface area contributed by atoms with E-state index in [2.05, 4.69) is 15.0 Å². The number of carbonyl (C=O) groups excluding carboxylic acids is 1. The molecule has 0 amide bonds. The van der Waals surface area contributed by atoms with E-state index < -0.39 is 23.1 Å². The molecule has 7 nitrogen and oxygen atoms in total. The third-order valence-electron chi connectivity index (χ3n) is 4.23. The second kappa shape index (κ2) is 5.01. The van der Waals surface area contributed by atoms with Crippen LogP contribution in [0.5, 0.6) is 0 Å². The molecule has 0 saturated carbocycles. The molecule has 3 rings (SSSR count). The molecule has 1 aromatic heterocycles. The van der Waals surface area contributed by atoms with Crippen molar-refractivity contribution >= 4 is 22.7 Å². The van der Waals surface area contributed by atoms with E-state index in [0.29, 0.717) is 17.6 Å². The molecule has 0 saturated heterocycles. The molecule has 2 heterocycles. The highest BCUT2D eigenvalue weighted by molar-refractivity contribution is 5.92. The average Bonchev–Trinajstić information content (AvgIpc) is 2.50. The topological polar surface area (TPSA) is 93.2 Å². The molecule has 1 aliphatic rings. The molecule has 1 unspecified atom stereocenters. The molecule has 1 atom stereocenters. The quantitative estimate of drug-likeness (QED) is 0.633. The van der Waals surface area contributed by atoms with E-state index in [1.807, 2.05) is 19.9 Å². The van der Waals surface area contributed by atoms with Crippen molar-refractivity contribution in [1.82, 2.24) is 9.55 Å². The highest BCUT2D eigenvalue weighted by atomic mass is 16.5. The fraction of sp³-hybridized carbons (Fsp3) is 0.400. The molecular weight excluding hydrogens is 286 g/mol. The molecule has 1 aromatic carbocycles. The molecular formula is C15H17N3O4. The van der Waals surface area contributed by atoms with Gasteiger partial charge in [0.1, 0.15) is 0 Å². The number of carbonyl (C=O) groups is 1. The Balaban J connectivity index is 2.35. The van der Waals surface area contributed by atoms with Crippen LogP contribution in [-0.2, 0) is 9.53 Å². The van der Waals surface area contributed by atoms with Gasteiger partial charge < -0.3 is 15.0 Å². The highest BCUT2D eigenvalue weighted by Crippen LogP contribution is 2.33. The van der Waals surface area contributed by atoms with Gasteiger partial charge in [0.15, 0.2) is 0 Å². The van der Waals surface area contributed by atoms with E-state index in [0.717, 1.165) is 16.8 Å². The Labute approximate surface area is 125 Å². The number of H-pyrrole nitrogens is 1. The van der Waals surface area contributed by atoms with Crippen LogP contribution in [0.4, 0.5) is 5.69 Å². The number of aromatic nitrogens is 2. The predicted molar refractivity (Wildman–Crippen MR) is 82.5 cm³/mol. The van der Waals surface area contributed by atoms with Crippen molar-refractivity contribution in [3.05, 3.63) is 37.9 Å². The van der Waals surface area contributed by atoms with Crippen molar-refractivity contribution in [3.63, 3.8) is 0 Å². The van der Waals surface area contributed by atoms with Gasteiger partial charge in [-0.15, -0.1) is 0 Å². The minimum absolute atomic E-state index is 0.0360. The first-order valence-corrected chi connectivity index (χ1v) is 7.03. The molecule has 0 spiro atoms. The monoisotopic (exact) mass is 303 g/mol. The second-order valence-electron chi connectivity index (χ2n) is 5.53. The van der Waals surface area contributed by atoms with Crippen molar-refractivity contribution in [1.29, 1.82) is 0 Å². The molecule has 2 N–H and O–H groups in total. The van der Waals surface area contributed by atoms with Crippen LogP contribution in [0, 0.1) is 13.8 Å². The number of benzene rings is 1. The first-order valence-electron chi connectivity index (χ1n) is 7.03. The van der Waals surface area contributed by atoms with Crippen LogP contribution >= 0.6 is 0 Å². The maximum Gasteiger partial charge on any atom is 0.317 e. The molecule has 0 aliphatic carbocycles. The normalized spacial score (nSPS) is 16.4. The molecule has 22 heavy (non-hydrogen) atoms. The number of anilines is 1. The van der Waals surface area contributed by atoms with Crippen LogP contribution in [0.2, 0.25) is 0 Å². The summed E-state index contributed by atoms with van der Waals surface area (Å²) in [6.07, 6.45) is 0.0360. The number of hydrogen-bond acceptors (Lipinski definition) is 5. The number of nitrogens with one attached hydrogen (secondary N) is 2. The van der Waals surface area contributed by atoms with Gasteiger partial charge in [-0.3, -0.25) is 19.0 Å². The zero-order valence-corrected chi connectivity index (χ0v) is 12.6. The minimum Gasteiger partial charge on any atom is -0.469 e. The molecule has 0 radical (unpaired) electrons. The van der Waals surface area contributed by atoms with E-state index in [-0.39, 0.29) is 6.42 Å². The van der Waals surface area contributed by atoms with E-state index in [9.17, 15) is 14.4 Å². The van der Waals surface area contributed by atoms with E-state index in [1.54, 1.807) is 0 Å². The van der Waals surface area contributed by atoms with Crippen molar-refractivity contribution in [3.8, 4) is 0 Å². The first kappa shape index (κ1) is 14.4. The van der Waals surface area contributed by atoms with Crippen LogP contribution in [0.3, 0.4) is 0 Å². The summed E-state index contributed by atoms with van der Waals surface area (Å²) in [5.74, 6) is -0.417. The summed E-state index contributed by atoms with van der Waals surface area (Å²) in [4.78, 5) is 38.4. The van der Waals surface area contributed by atoms with Gasteiger partial charge >= 0.3 is 17.1 Å². The van der Waals surface area contributed by atoms with Gasteiger partial charge in [0.25, 0.3) is 0 Å². The molecule has 2 aromatic rings. The summed E-state index contributed by atoms with van der Waals surface area (Å²) >= 11 is 0. The van der Waals surface area contributed by atoms with Crippen LogP contribution in [0.1, 0.15) is 23.6 Å². The summed E-state index contributed by atoms with van der Waals surface area (Å²) in [7, 11) is 1.30. The Kier molecular flexibility index (Phi) is 3.27. The third kappa shape index (κ3) is 2.01. The molecule has 116 valence electrons. The number of nitrogens with zero attached hydrogens (tertiary/aromatic N) is 1. The lowest BCUT2D eigenvalue weighted by Gasteiger charge is -2.29. The standard InChI is InChI=1S/C15H17N3O4/c1-7-4-10-13-12(8(7)2)16-6-9(5-11(19)22-3)18(13)15(21)14(20)17-10/h4,9,16H,5-6H2,1-3H3,(H,17,20). The van der Waals surface area contributed by atoms with E-state index in [4.69, 9.17) is 0 Å². The van der Waals surface area contributed by atoms with Crippen molar-refractivity contribution in [2.75, 3.05) is 19.0 Å². The van der Waals surface area contributed by atoms with Crippen LogP contribution in [0.25, 0.3) is 11.0 Å². The zero-order chi connectivity index (χ0) is 16.0. The SMILES string of the molecule is COC(=O)CC1CNc2c(C)c(C)cc3[nH]c(=O)c(=O)n1c23. The number of methoxy groups -OCH3 is 1. The summed E-state index contributed by atoms with van der Waals surface area (Å²) < 4.78 is 6.10. The maximum atomic E-state index is 12.3. The Morgan fingerprint density at radius 3 is 2.82 bits per heavy atom. The number of ether oxygens (including phenoxy) is 1. The van der Waals surface area contributed by atoms with E-state index >= 15 is 0 Å². The lowest BCUT2D eigenvalue weighted by atomic mass is 10.0. The van der Waals surface area contributed by atoms with Crippen LogP contribution in [0.15, 0.2) is 15.7 Å². The number of hydrogen-bond donors (Lipinski definition) is 2. The average molecular weight is 303 g/mol. The summed E-state index contributed by atoms with van der Waals surface area (Å²) in [5.41, 5.74) is 2.75. The Morgan fingerprint density at radius 1 is 1.41 bits per heavy atom. The molecule has 1 aliphatic heterocycles. The van der Waals surface area contributed by atoms with Gasteiger partial charge in [0.2, 0.25) is 0 Å². The Hall–Kier alpha value is -2.57. The lowest BCUT2D eigenvalue weighted by Crippen LogP contribution is -2.43. The highest BCUT2D eigenvalue weighted by Gasteiger charge is 2.27. The second-order valence-corrected chi connectivity index (χ2v) is 5.53. The Morgan fingerprint density at radius 2 is 2.14 bits per heavy atom. The minimum atomic E-state index is -0.682. The van der Waals surface area contributed by atoms with Gasteiger partial charge in [-0.1, -0.05) is 0 Å². The summed E-state index contributed by atoms with van der Waals surface area (Å²) in [5, 5.41) is 3.27. The number of rotatable bonds is 2.